The number of hydrogen-bond acceptors (Lipinski definition) is 3. The number of piperidine rings is 1. The Morgan fingerprint density at radius 2 is 2.29 bits per heavy atom. The van der Waals surface area contributed by atoms with Gasteiger partial charge in [-0.2, -0.15) is 0 Å². The molecule has 3 heteroatoms. The first kappa shape index (κ1) is 10.8. The molecule has 1 fully saturated rings. The van der Waals surface area contributed by atoms with Gasteiger partial charge in [0.1, 0.15) is 5.52 Å². The van der Waals surface area contributed by atoms with Crippen molar-refractivity contribution in [2.24, 2.45) is 0 Å². The fraction of sp³-hybridized carbons (Fsp3) is 0.500. The van der Waals surface area contributed by atoms with Crippen LogP contribution in [0.2, 0.25) is 0 Å². The lowest BCUT2D eigenvalue weighted by Crippen LogP contribution is -2.41. The Kier molecular flexibility index (Phi) is 2.44. The first-order chi connectivity index (χ1) is 8.17. The second-order valence-corrected chi connectivity index (χ2v) is 5.33. The highest BCUT2D eigenvalue weighted by molar-refractivity contribution is 5.73. The molecule has 0 aliphatic carbocycles. The highest BCUT2D eigenvalue weighted by atomic mass is 16.3. The Labute approximate surface area is 101 Å². The van der Waals surface area contributed by atoms with Crippen LogP contribution in [-0.2, 0) is 5.41 Å². The Balaban J connectivity index is 2.05. The summed E-state index contributed by atoms with van der Waals surface area (Å²) in [6.07, 6.45) is 2.33. The predicted molar refractivity (Wildman–Crippen MR) is 68.2 cm³/mol. The van der Waals surface area contributed by atoms with Gasteiger partial charge in [-0.1, -0.05) is 6.07 Å². The third-order valence-electron chi connectivity index (χ3n) is 3.66. The number of hydrogen-bond donors (Lipinski definition) is 1. The minimum Gasteiger partial charge on any atom is -0.440 e. The van der Waals surface area contributed by atoms with E-state index >= 15 is 0 Å². The SMILES string of the molecule is Cc1ccc2nc(C3(C)CCCNC3)oc2c1. The molecule has 3 nitrogen and oxygen atoms in total. The van der Waals surface area contributed by atoms with Crippen LogP contribution in [0.5, 0.6) is 0 Å². The number of aryl methyl sites for hydroxylation is 1. The fourth-order valence-electron chi connectivity index (χ4n) is 2.53. The molecule has 0 saturated carbocycles. The predicted octanol–water partition coefficient (Wildman–Crippen LogP) is 2.78. The van der Waals surface area contributed by atoms with E-state index in [0.717, 1.165) is 36.5 Å². The van der Waals surface area contributed by atoms with Crippen molar-refractivity contribution in [1.29, 1.82) is 0 Å². The summed E-state index contributed by atoms with van der Waals surface area (Å²) in [5.41, 5.74) is 3.14. The van der Waals surface area contributed by atoms with Crippen molar-refractivity contribution in [3.63, 3.8) is 0 Å². The molecule has 17 heavy (non-hydrogen) atoms. The van der Waals surface area contributed by atoms with E-state index in [0.29, 0.717) is 0 Å². The van der Waals surface area contributed by atoms with Crippen molar-refractivity contribution in [2.45, 2.75) is 32.1 Å². The van der Waals surface area contributed by atoms with Crippen molar-refractivity contribution in [2.75, 3.05) is 13.1 Å². The summed E-state index contributed by atoms with van der Waals surface area (Å²) in [6, 6.07) is 6.18. The molecular weight excluding hydrogens is 212 g/mol. The zero-order chi connectivity index (χ0) is 11.9. The summed E-state index contributed by atoms with van der Waals surface area (Å²) >= 11 is 0. The lowest BCUT2D eigenvalue weighted by atomic mass is 9.83. The first-order valence-electron chi connectivity index (χ1n) is 6.26. The summed E-state index contributed by atoms with van der Waals surface area (Å²) in [5, 5.41) is 3.43. The van der Waals surface area contributed by atoms with Crippen LogP contribution in [0.4, 0.5) is 0 Å². The van der Waals surface area contributed by atoms with Crippen molar-refractivity contribution in [3.8, 4) is 0 Å². The number of fused-ring (bicyclic) bond motifs is 1. The second-order valence-electron chi connectivity index (χ2n) is 5.33. The molecule has 0 bridgehead atoms. The van der Waals surface area contributed by atoms with E-state index in [1.165, 1.54) is 12.0 Å². The van der Waals surface area contributed by atoms with E-state index in [9.17, 15) is 0 Å². The summed E-state index contributed by atoms with van der Waals surface area (Å²) in [7, 11) is 0. The average Bonchev–Trinajstić information content (AvgIpc) is 2.73. The molecule has 1 N–H and O–H groups in total. The van der Waals surface area contributed by atoms with Gasteiger partial charge in [0, 0.05) is 6.54 Å². The molecule has 2 aromatic rings. The number of rotatable bonds is 1. The smallest absolute Gasteiger partial charge is 0.202 e. The highest BCUT2D eigenvalue weighted by Gasteiger charge is 2.33. The molecule has 1 atom stereocenters. The standard InChI is InChI=1S/C14H18N2O/c1-10-4-5-11-12(8-10)17-13(16-11)14(2)6-3-7-15-9-14/h4-5,8,15H,3,6-7,9H2,1-2H3. The topological polar surface area (TPSA) is 38.1 Å². The number of benzene rings is 1. The van der Waals surface area contributed by atoms with Crippen LogP contribution in [0.25, 0.3) is 11.1 Å². The van der Waals surface area contributed by atoms with Gasteiger partial charge in [-0.25, -0.2) is 4.98 Å². The molecule has 1 unspecified atom stereocenters. The Bertz CT molecular complexity index is 538. The van der Waals surface area contributed by atoms with Gasteiger partial charge in [0.2, 0.25) is 5.89 Å². The molecule has 2 heterocycles. The molecule has 90 valence electrons. The van der Waals surface area contributed by atoms with Crippen LogP contribution < -0.4 is 5.32 Å². The van der Waals surface area contributed by atoms with E-state index in [-0.39, 0.29) is 5.41 Å². The van der Waals surface area contributed by atoms with E-state index < -0.39 is 0 Å². The molecule has 1 saturated heterocycles. The van der Waals surface area contributed by atoms with Crippen LogP contribution >= 0.6 is 0 Å². The molecule has 1 aromatic carbocycles. The van der Waals surface area contributed by atoms with Crippen molar-refractivity contribution in [3.05, 3.63) is 29.7 Å². The maximum Gasteiger partial charge on any atom is 0.202 e. The molecule has 0 radical (unpaired) electrons. The molecule has 1 aliphatic rings. The summed E-state index contributed by atoms with van der Waals surface area (Å²) in [6.45, 7) is 6.37. The first-order valence-corrected chi connectivity index (χ1v) is 6.26. The van der Waals surface area contributed by atoms with Gasteiger partial charge in [-0.15, -0.1) is 0 Å². The van der Waals surface area contributed by atoms with Crippen LogP contribution in [0.3, 0.4) is 0 Å². The normalized spacial score (nSPS) is 25.3. The molecule has 0 spiro atoms. The molecule has 0 amide bonds. The number of oxazole rings is 1. The Morgan fingerprint density at radius 1 is 1.41 bits per heavy atom. The minimum atomic E-state index is 0.0468. The summed E-state index contributed by atoms with van der Waals surface area (Å²) in [5.74, 6) is 0.880. The zero-order valence-electron chi connectivity index (χ0n) is 10.4. The lowest BCUT2D eigenvalue weighted by Gasteiger charge is -2.30. The monoisotopic (exact) mass is 230 g/mol. The van der Waals surface area contributed by atoms with E-state index in [2.05, 4.69) is 36.3 Å². The number of nitrogens with zero attached hydrogens (tertiary/aromatic N) is 1. The van der Waals surface area contributed by atoms with Crippen LogP contribution in [0, 0.1) is 6.92 Å². The molecule has 1 aliphatic heterocycles. The van der Waals surface area contributed by atoms with Gasteiger partial charge in [-0.05, 0) is 50.9 Å². The maximum atomic E-state index is 5.94. The van der Waals surface area contributed by atoms with Gasteiger partial charge >= 0.3 is 0 Å². The molecular formula is C14H18N2O. The zero-order valence-corrected chi connectivity index (χ0v) is 10.4. The average molecular weight is 230 g/mol. The number of aromatic nitrogens is 1. The highest BCUT2D eigenvalue weighted by Crippen LogP contribution is 2.32. The van der Waals surface area contributed by atoms with Crippen molar-refractivity contribution >= 4 is 11.1 Å². The van der Waals surface area contributed by atoms with Crippen molar-refractivity contribution < 1.29 is 4.42 Å². The van der Waals surface area contributed by atoms with Gasteiger partial charge in [0.15, 0.2) is 5.58 Å². The quantitative estimate of drug-likeness (QED) is 0.818. The third-order valence-corrected chi connectivity index (χ3v) is 3.66. The van der Waals surface area contributed by atoms with Crippen LogP contribution in [-0.4, -0.2) is 18.1 Å². The minimum absolute atomic E-state index is 0.0468. The van der Waals surface area contributed by atoms with Crippen LogP contribution in [0.15, 0.2) is 22.6 Å². The molecule has 3 rings (SSSR count). The maximum absolute atomic E-state index is 5.94. The Morgan fingerprint density at radius 3 is 3.06 bits per heavy atom. The van der Waals surface area contributed by atoms with Gasteiger partial charge < -0.3 is 9.73 Å². The Hall–Kier alpha value is -1.35. The van der Waals surface area contributed by atoms with Gasteiger partial charge in [0.05, 0.1) is 5.41 Å². The van der Waals surface area contributed by atoms with E-state index in [1.54, 1.807) is 0 Å². The number of nitrogens with one attached hydrogen (secondary N) is 1. The molecule has 1 aromatic heterocycles. The van der Waals surface area contributed by atoms with E-state index in [4.69, 9.17) is 4.42 Å². The van der Waals surface area contributed by atoms with Crippen LogP contribution in [0.1, 0.15) is 31.2 Å². The van der Waals surface area contributed by atoms with E-state index in [1.807, 2.05) is 6.07 Å². The second kappa shape index (κ2) is 3.84. The fourth-order valence-corrected chi connectivity index (χ4v) is 2.53. The van der Waals surface area contributed by atoms with Crippen molar-refractivity contribution in [1.82, 2.24) is 10.3 Å². The summed E-state index contributed by atoms with van der Waals surface area (Å²) in [4.78, 5) is 4.64. The third kappa shape index (κ3) is 1.84. The lowest BCUT2D eigenvalue weighted by molar-refractivity contribution is 0.279. The summed E-state index contributed by atoms with van der Waals surface area (Å²) < 4.78 is 5.94. The largest absolute Gasteiger partial charge is 0.440 e. The van der Waals surface area contributed by atoms with Gasteiger partial charge in [0.25, 0.3) is 0 Å². The van der Waals surface area contributed by atoms with Gasteiger partial charge in [-0.3, -0.25) is 0 Å².